The summed E-state index contributed by atoms with van der Waals surface area (Å²) in [4.78, 5) is 25.2. The summed E-state index contributed by atoms with van der Waals surface area (Å²) >= 11 is 7.27. The van der Waals surface area contributed by atoms with Crippen molar-refractivity contribution in [3.05, 3.63) is 64.0 Å². The van der Waals surface area contributed by atoms with E-state index in [1.807, 2.05) is 43.5 Å². The van der Waals surface area contributed by atoms with Crippen LogP contribution < -0.4 is 14.8 Å². The van der Waals surface area contributed by atoms with E-state index >= 15 is 0 Å². The van der Waals surface area contributed by atoms with Crippen molar-refractivity contribution in [2.24, 2.45) is 0 Å². The van der Waals surface area contributed by atoms with Gasteiger partial charge in [0.2, 0.25) is 0 Å². The first-order valence-electron chi connectivity index (χ1n) is 10.1. The van der Waals surface area contributed by atoms with Crippen molar-refractivity contribution >= 4 is 39.8 Å². The number of amides is 1. The highest BCUT2D eigenvalue weighted by Crippen LogP contribution is 2.37. The highest BCUT2D eigenvalue weighted by atomic mass is 35.5. The fourth-order valence-corrected chi connectivity index (χ4v) is 4.08. The van der Waals surface area contributed by atoms with Gasteiger partial charge in [0.1, 0.15) is 22.1 Å². The number of aryl methyl sites for hydroxylation is 1. The molecule has 3 aromatic rings. The van der Waals surface area contributed by atoms with Crippen LogP contribution >= 0.6 is 22.9 Å². The fraction of sp³-hybridized carbons (Fsp3) is 0.250. The molecule has 1 amide bonds. The number of thiophene rings is 1. The van der Waals surface area contributed by atoms with Crippen molar-refractivity contribution in [3.8, 4) is 22.6 Å². The van der Waals surface area contributed by atoms with Gasteiger partial charge in [-0.15, -0.1) is 11.3 Å². The third-order valence-electron chi connectivity index (χ3n) is 4.50. The Bertz CT molecular complexity index is 1090. The quantitative estimate of drug-likeness (QED) is 0.387. The van der Waals surface area contributed by atoms with E-state index in [1.165, 1.54) is 11.3 Å². The first kappa shape index (κ1) is 23.6. The molecule has 0 aliphatic rings. The Hall–Kier alpha value is -3.03. The van der Waals surface area contributed by atoms with Crippen molar-refractivity contribution in [2.45, 2.75) is 20.8 Å². The number of hydrogen-bond donors (Lipinski definition) is 1. The molecule has 0 aliphatic carbocycles. The summed E-state index contributed by atoms with van der Waals surface area (Å²) in [5, 5.41) is 5.63. The highest BCUT2D eigenvalue weighted by Gasteiger charge is 2.23. The molecule has 32 heavy (non-hydrogen) atoms. The van der Waals surface area contributed by atoms with Crippen molar-refractivity contribution in [2.75, 3.05) is 25.1 Å². The minimum atomic E-state index is -0.498. The van der Waals surface area contributed by atoms with Gasteiger partial charge >= 0.3 is 5.97 Å². The molecule has 168 valence electrons. The largest absolute Gasteiger partial charge is 0.494 e. The Morgan fingerprint density at radius 2 is 1.72 bits per heavy atom. The normalized spacial score (nSPS) is 10.5. The molecular weight excluding hydrogens is 450 g/mol. The Balaban J connectivity index is 1.78. The van der Waals surface area contributed by atoms with E-state index in [-0.39, 0.29) is 19.1 Å². The smallest absolute Gasteiger partial charge is 0.341 e. The Morgan fingerprint density at radius 3 is 2.38 bits per heavy atom. The first-order valence-corrected chi connectivity index (χ1v) is 11.4. The summed E-state index contributed by atoms with van der Waals surface area (Å²) in [6.45, 7) is 6.09. The second-order valence-corrected chi connectivity index (χ2v) is 8.07. The number of benzene rings is 2. The summed E-state index contributed by atoms with van der Waals surface area (Å²) in [6, 6.07) is 12.6. The maximum atomic E-state index is 12.7. The minimum Gasteiger partial charge on any atom is -0.494 e. The summed E-state index contributed by atoms with van der Waals surface area (Å²) in [5.74, 6) is 0.395. The van der Waals surface area contributed by atoms with Gasteiger partial charge in [0, 0.05) is 16.0 Å². The highest BCUT2D eigenvalue weighted by molar-refractivity contribution is 7.15. The average molecular weight is 474 g/mol. The van der Waals surface area contributed by atoms with Crippen LogP contribution in [-0.2, 0) is 9.53 Å². The van der Waals surface area contributed by atoms with Gasteiger partial charge in [0.05, 0.1) is 13.2 Å². The zero-order valence-corrected chi connectivity index (χ0v) is 19.6. The molecule has 1 heterocycles. The van der Waals surface area contributed by atoms with E-state index in [0.29, 0.717) is 33.5 Å². The molecule has 0 atom stereocenters. The average Bonchev–Trinajstić information content (AvgIpc) is 3.19. The van der Waals surface area contributed by atoms with Crippen molar-refractivity contribution in [1.29, 1.82) is 0 Å². The maximum Gasteiger partial charge on any atom is 0.341 e. The lowest BCUT2D eigenvalue weighted by molar-refractivity contribution is -0.118. The third-order valence-corrected chi connectivity index (χ3v) is 5.82. The molecule has 0 fully saturated rings. The molecule has 0 saturated heterocycles. The van der Waals surface area contributed by atoms with E-state index in [2.05, 4.69) is 5.32 Å². The van der Waals surface area contributed by atoms with Crippen LogP contribution in [0, 0.1) is 6.92 Å². The molecule has 0 radical (unpaired) electrons. The van der Waals surface area contributed by atoms with Crippen LogP contribution in [0.4, 0.5) is 5.00 Å². The van der Waals surface area contributed by atoms with Crippen LogP contribution in [0.2, 0.25) is 5.02 Å². The molecule has 2 aromatic carbocycles. The minimum absolute atomic E-state index is 0.209. The lowest BCUT2D eigenvalue weighted by atomic mass is 10.0. The third kappa shape index (κ3) is 5.81. The summed E-state index contributed by atoms with van der Waals surface area (Å²) in [5.41, 5.74) is 2.67. The van der Waals surface area contributed by atoms with Gasteiger partial charge in [0.25, 0.3) is 5.91 Å². The van der Waals surface area contributed by atoms with Gasteiger partial charge in [-0.1, -0.05) is 23.7 Å². The molecule has 8 heteroatoms. The molecule has 0 unspecified atom stereocenters. The number of esters is 1. The molecule has 0 aliphatic heterocycles. The zero-order chi connectivity index (χ0) is 23.1. The van der Waals surface area contributed by atoms with E-state index in [4.69, 9.17) is 25.8 Å². The molecule has 1 aromatic heterocycles. The predicted octanol–water partition coefficient (Wildman–Crippen LogP) is 5.97. The van der Waals surface area contributed by atoms with Crippen LogP contribution in [-0.4, -0.2) is 31.7 Å². The van der Waals surface area contributed by atoms with Crippen LogP contribution in [0.1, 0.15) is 29.8 Å². The van der Waals surface area contributed by atoms with Gasteiger partial charge in [0.15, 0.2) is 6.61 Å². The second kappa shape index (κ2) is 11.0. The van der Waals surface area contributed by atoms with E-state index < -0.39 is 5.97 Å². The van der Waals surface area contributed by atoms with Crippen molar-refractivity contribution in [1.82, 2.24) is 0 Å². The number of carbonyl (C=O) groups excluding carboxylic acids is 2. The number of hydrogen-bond acceptors (Lipinski definition) is 6. The Labute approximate surface area is 196 Å². The summed E-state index contributed by atoms with van der Waals surface area (Å²) < 4.78 is 16.3. The predicted molar refractivity (Wildman–Crippen MR) is 127 cm³/mol. The topological polar surface area (TPSA) is 73.9 Å². The van der Waals surface area contributed by atoms with Crippen molar-refractivity contribution < 1.29 is 23.8 Å². The van der Waals surface area contributed by atoms with Gasteiger partial charge in [-0.25, -0.2) is 4.79 Å². The molecule has 3 rings (SSSR count). The first-order chi connectivity index (χ1) is 15.4. The number of halogens is 1. The number of carbonyl (C=O) groups is 2. The number of anilines is 1. The molecular formula is C24H24ClNO5S. The second-order valence-electron chi connectivity index (χ2n) is 6.78. The number of ether oxygens (including phenoxy) is 3. The SMILES string of the molecule is CCOC(=O)c1c(-c2ccc(OCC)cc2)csc1NC(=O)COc1ccc(Cl)c(C)c1. The molecule has 0 saturated carbocycles. The van der Waals surface area contributed by atoms with Gasteiger partial charge < -0.3 is 19.5 Å². The maximum absolute atomic E-state index is 12.7. The molecule has 6 nitrogen and oxygen atoms in total. The van der Waals surface area contributed by atoms with Crippen LogP contribution in [0.5, 0.6) is 11.5 Å². The lowest BCUT2D eigenvalue weighted by Crippen LogP contribution is -2.21. The van der Waals surface area contributed by atoms with Crippen molar-refractivity contribution in [3.63, 3.8) is 0 Å². The van der Waals surface area contributed by atoms with Gasteiger partial charge in [-0.2, -0.15) is 0 Å². The van der Waals surface area contributed by atoms with Crippen LogP contribution in [0.15, 0.2) is 47.8 Å². The Kier molecular flexibility index (Phi) is 8.14. The number of rotatable bonds is 9. The molecule has 1 N–H and O–H groups in total. The fourth-order valence-electron chi connectivity index (χ4n) is 2.98. The van der Waals surface area contributed by atoms with E-state index in [0.717, 1.165) is 16.9 Å². The summed E-state index contributed by atoms with van der Waals surface area (Å²) in [7, 11) is 0. The van der Waals surface area contributed by atoms with Gasteiger partial charge in [-0.3, -0.25) is 4.79 Å². The number of nitrogens with one attached hydrogen (secondary N) is 1. The van der Waals surface area contributed by atoms with E-state index in [9.17, 15) is 9.59 Å². The monoisotopic (exact) mass is 473 g/mol. The Morgan fingerprint density at radius 1 is 1.00 bits per heavy atom. The molecule has 0 spiro atoms. The summed E-state index contributed by atoms with van der Waals surface area (Å²) in [6.07, 6.45) is 0. The van der Waals surface area contributed by atoms with Crippen LogP contribution in [0.25, 0.3) is 11.1 Å². The van der Waals surface area contributed by atoms with Crippen LogP contribution in [0.3, 0.4) is 0 Å². The standard InChI is InChI=1S/C24H24ClNO5S/c1-4-29-17-8-6-16(7-9-17)19-14-32-23(22(19)24(28)30-5-2)26-21(27)13-31-18-10-11-20(25)15(3)12-18/h6-12,14H,4-5,13H2,1-3H3,(H,26,27). The molecule has 0 bridgehead atoms. The zero-order valence-electron chi connectivity index (χ0n) is 18.1. The van der Waals surface area contributed by atoms with Gasteiger partial charge in [-0.05, 0) is 62.2 Å². The lowest BCUT2D eigenvalue weighted by Gasteiger charge is -2.10. The van der Waals surface area contributed by atoms with E-state index in [1.54, 1.807) is 25.1 Å².